The van der Waals surface area contributed by atoms with E-state index < -0.39 is 9.84 Å². The Kier molecular flexibility index (Phi) is 4.95. The Bertz CT molecular complexity index is 428. The van der Waals surface area contributed by atoms with Crippen LogP contribution in [0.4, 0.5) is 0 Å². The van der Waals surface area contributed by atoms with Crippen LogP contribution < -0.4 is 5.73 Å². The van der Waals surface area contributed by atoms with Crippen molar-refractivity contribution in [2.75, 3.05) is 5.75 Å². The van der Waals surface area contributed by atoms with Gasteiger partial charge in [0.25, 0.3) is 0 Å². The van der Waals surface area contributed by atoms with Crippen molar-refractivity contribution in [1.82, 2.24) is 0 Å². The van der Waals surface area contributed by atoms with Gasteiger partial charge < -0.3 is 5.73 Å². The summed E-state index contributed by atoms with van der Waals surface area (Å²) >= 11 is 3.27. The lowest BCUT2D eigenvalue weighted by Crippen LogP contribution is -2.29. The zero-order chi connectivity index (χ0) is 12.2. The maximum Gasteiger partial charge on any atom is 0.179 e. The Morgan fingerprint density at radius 2 is 1.88 bits per heavy atom. The third-order valence-corrected chi connectivity index (χ3v) is 4.65. The molecule has 1 aromatic carbocycles. The van der Waals surface area contributed by atoms with Crippen molar-refractivity contribution in [2.24, 2.45) is 5.73 Å². The third kappa shape index (κ3) is 3.88. The lowest BCUT2D eigenvalue weighted by Gasteiger charge is -2.10. The third-order valence-electron chi connectivity index (χ3n) is 2.27. The van der Waals surface area contributed by atoms with Gasteiger partial charge in [-0.15, -0.1) is 0 Å². The predicted molar refractivity (Wildman–Crippen MR) is 69.1 cm³/mol. The topological polar surface area (TPSA) is 60.2 Å². The highest BCUT2D eigenvalue weighted by molar-refractivity contribution is 9.10. The van der Waals surface area contributed by atoms with Crippen molar-refractivity contribution in [1.29, 1.82) is 0 Å². The number of rotatable bonds is 5. The molecule has 0 fully saturated rings. The van der Waals surface area contributed by atoms with E-state index in [0.717, 1.165) is 17.3 Å². The quantitative estimate of drug-likeness (QED) is 0.908. The first kappa shape index (κ1) is 13.7. The Labute approximate surface area is 105 Å². The average molecular weight is 306 g/mol. The summed E-state index contributed by atoms with van der Waals surface area (Å²) in [4.78, 5) is 0.335. The van der Waals surface area contributed by atoms with E-state index in [1.807, 2.05) is 6.92 Å². The van der Waals surface area contributed by atoms with Crippen molar-refractivity contribution in [3.8, 4) is 0 Å². The number of nitrogens with two attached hydrogens (primary N) is 1. The lowest BCUT2D eigenvalue weighted by atomic mass is 10.2. The van der Waals surface area contributed by atoms with E-state index in [2.05, 4.69) is 15.9 Å². The predicted octanol–water partition coefficient (Wildman–Crippen LogP) is 2.35. The summed E-state index contributed by atoms with van der Waals surface area (Å²) in [6, 6.07) is 6.35. The van der Waals surface area contributed by atoms with E-state index in [9.17, 15) is 8.42 Å². The molecule has 0 radical (unpaired) electrons. The molecule has 2 N–H and O–H groups in total. The second kappa shape index (κ2) is 5.80. The molecule has 0 amide bonds. The first-order chi connectivity index (χ1) is 7.45. The molecule has 1 aromatic rings. The molecule has 0 spiro atoms. The Hall–Kier alpha value is -0.390. The molecule has 0 aliphatic heterocycles. The van der Waals surface area contributed by atoms with Gasteiger partial charge in [-0.25, -0.2) is 8.42 Å². The SMILES string of the molecule is CCC[C@H](N)CS(=O)(=O)c1ccc(Br)cc1. The minimum absolute atomic E-state index is 0.0163. The summed E-state index contributed by atoms with van der Waals surface area (Å²) in [6.07, 6.45) is 1.63. The van der Waals surface area contributed by atoms with Gasteiger partial charge in [-0.2, -0.15) is 0 Å². The maximum absolute atomic E-state index is 11.9. The molecule has 0 aromatic heterocycles. The summed E-state index contributed by atoms with van der Waals surface area (Å²) < 4.78 is 24.7. The van der Waals surface area contributed by atoms with E-state index in [1.165, 1.54) is 0 Å². The molecule has 0 aliphatic carbocycles. The average Bonchev–Trinajstić information content (AvgIpc) is 2.17. The summed E-state index contributed by atoms with van der Waals surface area (Å²) in [5.74, 6) is 0.0163. The molecular weight excluding hydrogens is 290 g/mol. The number of halogens is 1. The van der Waals surface area contributed by atoms with Crippen molar-refractivity contribution in [3.63, 3.8) is 0 Å². The Balaban J connectivity index is 2.82. The second-order valence-corrected chi connectivity index (χ2v) is 6.73. The largest absolute Gasteiger partial charge is 0.327 e. The van der Waals surface area contributed by atoms with Gasteiger partial charge in [-0.1, -0.05) is 29.3 Å². The highest BCUT2D eigenvalue weighted by Gasteiger charge is 2.17. The molecule has 16 heavy (non-hydrogen) atoms. The fraction of sp³-hybridized carbons (Fsp3) is 0.455. The van der Waals surface area contributed by atoms with Gasteiger partial charge in [0.05, 0.1) is 10.6 Å². The molecule has 0 saturated heterocycles. The van der Waals surface area contributed by atoms with Gasteiger partial charge in [-0.3, -0.25) is 0 Å². The number of hydrogen-bond acceptors (Lipinski definition) is 3. The number of sulfone groups is 1. The van der Waals surface area contributed by atoms with Crippen LogP contribution in [0, 0.1) is 0 Å². The molecule has 5 heteroatoms. The van der Waals surface area contributed by atoms with Crippen LogP contribution in [0.25, 0.3) is 0 Å². The first-order valence-corrected chi connectivity index (χ1v) is 7.64. The molecule has 0 aliphatic rings. The molecule has 0 saturated carbocycles. The molecular formula is C11H16BrNO2S. The van der Waals surface area contributed by atoms with E-state index in [1.54, 1.807) is 24.3 Å². The van der Waals surface area contributed by atoms with E-state index in [4.69, 9.17) is 5.73 Å². The van der Waals surface area contributed by atoms with Crippen LogP contribution in [0.3, 0.4) is 0 Å². The van der Waals surface area contributed by atoms with Gasteiger partial charge in [0.15, 0.2) is 9.84 Å². The highest BCUT2D eigenvalue weighted by Crippen LogP contribution is 2.16. The van der Waals surface area contributed by atoms with Gasteiger partial charge in [-0.05, 0) is 30.7 Å². The highest BCUT2D eigenvalue weighted by atomic mass is 79.9. The number of benzene rings is 1. The maximum atomic E-state index is 11.9. The fourth-order valence-corrected chi connectivity index (χ4v) is 3.21. The van der Waals surface area contributed by atoms with Crippen LogP contribution in [-0.2, 0) is 9.84 Å². The van der Waals surface area contributed by atoms with Crippen LogP contribution in [0.2, 0.25) is 0 Å². The van der Waals surface area contributed by atoms with Crippen LogP contribution in [0.1, 0.15) is 19.8 Å². The first-order valence-electron chi connectivity index (χ1n) is 5.19. The molecule has 90 valence electrons. The van der Waals surface area contributed by atoms with Gasteiger partial charge >= 0.3 is 0 Å². The van der Waals surface area contributed by atoms with Crippen molar-refractivity contribution in [3.05, 3.63) is 28.7 Å². The van der Waals surface area contributed by atoms with Crippen LogP contribution in [-0.4, -0.2) is 20.2 Å². The molecule has 1 atom stereocenters. The monoisotopic (exact) mass is 305 g/mol. The summed E-state index contributed by atoms with van der Waals surface area (Å²) in [7, 11) is -3.24. The van der Waals surface area contributed by atoms with Crippen molar-refractivity contribution < 1.29 is 8.42 Å². The standard InChI is InChI=1S/C11H16BrNO2S/c1-2-3-10(13)8-16(14,15)11-6-4-9(12)5-7-11/h4-7,10H,2-3,8,13H2,1H3/t10-/m0/s1. The van der Waals surface area contributed by atoms with Crippen LogP contribution >= 0.6 is 15.9 Å². The van der Waals surface area contributed by atoms with Crippen molar-refractivity contribution in [2.45, 2.75) is 30.7 Å². The summed E-state index contributed by atoms with van der Waals surface area (Å²) in [6.45, 7) is 1.99. The lowest BCUT2D eigenvalue weighted by molar-refractivity contribution is 0.577. The summed E-state index contributed by atoms with van der Waals surface area (Å²) in [5.41, 5.74) is 5.75. The fourth-order valence-electron chi connectivity index (χ4n) is 1.47. The van der Waals surface area contributed by atoms with Crippen LogP contribution in [0.5, 0.6) is 0 Å². The molecule has 1 rings (SSSR count). The van der Waals surface area contributed by atoms with Crippen LogP contribution in [0.15, 0.2) is 33.6 Å². The van der Waals surface area contributed by atoms with Gasteiger partial charge in [0.2, 0.25) is 0 Å². The minimum atomic E-state index is -3.24. The molecule has 0 heterocycles. The summed E-state index contributed by atoms with van der Waals surface area (Å²) in [5, 5.41) is 0. The Morgan fingerprint density at radius 1 is 1.31 bits per heavy atom. The van der Waals surface area contributed by atoms with Crippen molar-refractivity contribution >= 4 is 25.8 Å². The van der Waals surface area contributed by atoms with Gasteiger partial charge in [0, 0.05) is 10.5 Å². The zero-order valence-electron chi connectivity index (χ0n) is 9.19. The van der Waals surface area contributed by atoms with E-state index in [-0.39, 0.29) is 11.8 Å². The molecule has 0 bridgehead atoms. The normalized spacial score (nSPS) is 13.7. The zero-order valence-corrected chi connectivity index (χ0v) is 11.6. The van der Waals surface area contributed by atoms with E-state index in [0.29, 0.717) is 4.90 Å². The second-order valence-electron chi connectivity index (χ2n) is 3.78. The number of hydrogen-bond donors (Lipinski definition) is 1. The molecule has 3 nitrogen and oxygen atoms in total. The van der Waals surface area contributed by atoms with Gasteiger partial charge in [0.1, 0.15) is 0 Å². The molecule has 0 unspecified atom stereocenters. The smallest absolute Gasteiger partial charge is 0.179 e. The minimum Gasteiger partial charge on any atom is -0.327 e. The van der Waals surface area contributed by atoms with E-state index >= 15 is 0 Å². The Morgan fingerprint density at radius 3 is 2.38 bits per heavy atom.